The minimum absolute atomic E-state index is 0.241. The van der Waals surface area contributed by atoms with Crippen LogP contribution < -0.4 is 5.32 Å². The number of halogens is 2. The highest BCUT2D eigenvalue weighted by Crippen LogP contribution is 2.21. The molecule has 1 saturated carbocycles. The third-order valence-corrected chi connectivity index (χ3v) is 3.61. The second kappa shape index (κ2) is 5.89. The van der Waals surface area contributed by atoms with Crippen LogP contribution in [0, 0.1) is 5.82 Å². The van der Waals surface area contributed by atoms with Crippen molar-refractivity contribution in [3.05, 3.63) is 46.3 Å². The lowest BCUT2D eigenvalue weighted by Gasteiger charge is -2.01. The van der Waals surface area contributed by atoms with E-state index in [1.165, 1.54) is 18.9 Å². The van der Waals surface area contributed by atoms with Crippen molar-refractivity contribution in [2.75, 3.05) is 6.54 Å². The molecule has 0 bridgehead atoms. The SMILES string of the molecule is Fc1cccc(Cl)c1Cc1noc(CCNC2CC2)n1. The van der Waals surface area contributed by atoms with Crippen LogP contribution in [0.3, 0.4) is 0 Å². The van der Waals surface area contributed by atoms with Crippen molar-refractivity contribution in [1.82, 2.24) is 15.5 Å². The summed E-state index contributed by atoms with van der Waals surface area (Å²) in [6.07, 6.45) is 3.43. The second-order valence-corrected chi connectivity index (χ2v) is 5.37. The molecule has 1 aliphatic rings. The Labute approximate surface area is 121 Å². The van der Waals surface area contributed by atoms with Gasteiger partial charge in [0.15, 0.2) is 5.82 Å². The topological polar surface area (TPSA) is 51.0 Å². The number of aromatic nitrogens is 2. The second-order valence-electron chi connectivity index (χ2n) is 4.96. The highest BCUT2D eigenvalue weighted by molar-refractivity contribution is 6.31. The molecule has 1 fully saturated rings. The van der Waals surface area contributed by atoms with E-state index < -0.39 is 0 Å². The maximum absolute atomic E-state index is 13.7. The molecule has 0 radical (unpaired) electrons. The van der Waals surface area contributed by atoms with Gasteiger partial charge in [0.2, 0.25) is 5.89 Å². The zero-order valence-electron chi connectivity index (χ0n) is 10.9. The highest BCUT2D eigenvalue weighted by Gasteiger charge is 2.20. The summed E-state index contributed by atoms with van der Waals surface area (Å²) >= 11 is 5.98. The van der Waals surface area contributed by atoms with Crippen LogP contribution in [0.2, 0.25) is 5.02 Å². The number of hydrogen-bond donors (Lipinski definition) is 1. The van der Waals surface area contributed by atoms with Crippen LogP contribution in [0.5, 0.6) is 0 Å². The van der Waals surface area contributed by atoms with Gasteiger partial charge in [0.1, 0.15) is 5.82 Å². The quantitative estimate of drug-likeness (QED) is 0.890. The van der Waals surface area contributed by atoms with Crippen molar-refractivity contribution >= 4 is 11.6 Å². The third kappa shape index (κ3) is 3.35. The standard InChI is InChI=1S/C14H15ClFN3O/c15-11-2-1-3-12(16)10(11)8-13-18-14(20-19-13)6-7-17-9-4-5-9/h1-3,9,17H,4-8H2. The maximum Gasteiger partial charge on any atom is 0.227 e. The van der Waals surface area contributed by atoms with Crippen LogP contribution in [0.1, 0.15) is 30.1 Å². The van der Waals surface area contributed by atoms with E-state index in [0.29, 0.717) is 34.8 Å². The summed E-state index contributed by atoms with van der Waals surface area (Å²) in [5.74, 6) is 0.679. The molecule has 20 heavy (non-hydrogen) atoms. The summed E-state index contributed by atoms with van der Waals surface area (Å²) < 4.78 is 18.8. The molecule has 0 aliphatic heterocycles. The monoisotopic (exact) mass is 295 g/mol. The molecule has 6 heteroatoms. The van der Waals surface area contributed by atoms with Gasteiger partial charge in [-0.25, -0.2) is 4.39 Å². The molecule has 106 valence electrons. The van der Waals surface area contributed by atoms with E-state index in [2.05, 4.69) is 15.5 Å². The number of nitrogens with one attached hydrogen (secondary N) is 1. The van der Waals surface area contributed by atoms with Gasteiger partial charge in [0.05, 0.1) is 0 Å². The summed E-state index contributed by atoms with van der Waals surface area (Å²) in [5.41, 5.74) is 0.401. The zero-order valence-corrected chi connectivity index (χ0v) is 11.7. The van der Waals surface area contributed by atoms with E-state index >= 15 is 0 Å². The molecular weight excluding hydrogens is 281 g/mol. The molecule has 0 amide bonds. The van der Waals surface area contributed by atoms with E-state index in [1.54, 1.807) is 12.1 Å². The van der Waals surface area contributed by atoms with E-state index in [-0.39, 0.29) is 12.2 Å². The van der Waals surface area contributed by atoms with Crippen molar-refractivity contribution in [1.29, 1.82) is 0 Å². The smallest absolute Gasteiger partial charge is 0.227 e. The number of hydrogen-bond acceptors (Lipinski definition) is 4. The van der Waals surface area contributed by atoms with Gasteiger partial charge in [-0.05, 0) is 25.0 Å². The molecule has 1 aromatic carbocycles. The van der Waals surface area contributed by atoms with Crippen molar-refractivity contribution in [3.8, 4) is 0 Å². The molecule has 1 N–H and O–H groups in total. The zero-order chi connectivity index (χ0) is 13.9. The first-order valence-electron chi connectivity index (χ1n) is 6.70. The molecule has 2 aromatic rings. The van der Waals surface area contributed by atoms with Gasteiger partial charge < -0.3 is 9.84 Å². The fourth-order valence-corrected chi connectivity index (χ4v) is 2.22. The molecule has 1 heterocycles. The van der Waals surface area contributed by atoms with Crippen molar-refractivity contribution in [2.45, 2.75) is 31.7 Å². The third-order valence-electron chi connectivity index (χ3n) is 3.26. The molecule has 1 aliphatic carbocycles. The minimum atomic E-state index is -0.348. The molecule has 0 unspecified atom stereocenters. The van der Waals surface area contributed by atoms with Crippen LogP contribution >= 0.6 is 11.6 Å². The Morgan fingerprint density at radius 3 is 3.00 bits per heavy atom. The summed E-state index contributed by atoms with van der Waals surface area (Å²) in [5, 5.41) is 7.62. The molecule has 1 aromatic heterocycles. The summed E-state index contributed by atoms with van der Waals surface area (Å²) in [6, 6.07) is 5.27. The van der Waals surface area contributed by atoms with Gasteiger partial charge in [-0.3, -0.25) is 0 Å². The van der Waals surface area contributed by atoms with Gasteiger partial charge >= 0.3 is 0 Å². The molecule has 0 saturated heterocycles. The first kappa shape index (κ1) is 13.5. The van der Waals surface area contributed by atoms with E-state index in [0.717, 1.165) is 6.54 Å². The van der Waals surface area contributed by atoms with Crippen molar-refractivity contribution < 1.29 is 8.91 Å². The fourth-order valence-electron chi connectivity index (χ4n) is 1.99. The highest BCUT2D eigenvalue weighted by atomic mass is 35.5. The van der Waals surface area contributed by atoms with Crippen LogP contribution in [0.4, 0.5) is 4.39 Å². The van der Waals surface area contributed by atoms with Crippen LogP contribution in [0.25, 0.3) is 0 Å². The Balaban J connectivity index is 1.61. The van der Waals surface area contributed by atoms with Gasteiger partial charge in [-0.15, -0.1) is 0 Å². The molecule has 4 nitrogen and oxygen atoms in total. The Hall–Kier alpha value is -1.46. The van der Waals surface area contributed by atoms with Gasteiger partial charge in [0, 0.05) is 36.0 Å². The van der Waals surface area contributed by atoms with Gasteiger partial charge in [-0.2, -0.15) is 4.98 Å². The first-order valence-corrected chi connectivity index (χ1v) is 7.08. The van der Waals surface area contributed by atoms with Crippen molar-refractivity contribution in [3.63, 3.8) is 0 Å². The van der Waals surface area contributed by atoms with Crippen LogP contribution in [-0.2, 0) is 12.8 Å². The lowest BCUT2D eigenvalue weighted by molar-refractivity contribution is 0.371. The van der Waals surface area contributed by atoms with Gasteiger partial charge in [0.25, 0.3) is 0 Å². The maximum atomic E-state index is 13.7. The number of nitrogens with zero attached hydrogens (tertiary/aromatic N) is 2. The van der Waals surface area contributed by atoms with E-state index in [1.807, 2.05) is 0 Å². The molecule has 0 spiro atoms. The largest absolute Gasteiger partial charge is 0.339 e. The Bertz CT molecular complexity index is 578. The predicted molar refractivity (Wildman–Crippen MR) is 73.2 cm³/mol. The normalized spacial score (nSPS) is 14.7. The van der Waals surface area contributed by atoms with E-state index in [4.69, 9.17) is 16.1 Å². The number of rotatable bonds is 6. The lowest BCUT2D eigenvalue weighted by atomic mass is 10.1. The average molecular weight is 296 g/mol. The van der Waals surface area contributed by atoms with Gasteiger partial charge in [-0.1, -0.05) is 22.8 Å². The van der Waals surface area contributed by atoms with Crippen LogP contribution in [0.15, 0.2) is 22.7 Å². The Morgan fingerprint density at radius 2 is 2.25 bits per heavy atom. The lowest BCUT2D eigenvalue weighted by Crippen LogP contribution is -2.19. The Kier molecular flexibility index (Phi) is 3.98. The summed E-state index contributed by atoms with van der Waals surface area (Å²) in [7, 11) is 0. The minimum Gasteiger partial charge on any atom is -0.339 e. The predicted octanol–water partition coefficient (Wildman–Crippen LogP) is 2.75. The Morgan fingerprint density at radius 1 is 1.40 bits per heavy atom. The van der Waals surface area contributed by atoms with Crippen molar-refractivity contribution in [2.24, 2.45) is 0 Å². The first-order chi connectivity index (χ1) is 9.72. The fraction of sp³-hybridized carbons (Fsp3) is 0.429. The summed E-state index contributed by atoms with van der Waals surface area (Å²) in [4.78, 5) is 4.26. The molecule has 3 rings (SSSR count). The summed E-state index contributed by atoms with van der Waals surface area (Å²) in [6.45, 7) is 0.826. The van der Waals surface area contributed by atoms with Crippen LogP contribution in [-0.4, -0.2) is 22.7 Å². The molecule has 0 atom stereocenters. The molecular formula is C14H15ClFN3O. The number of benzene rings is 1. The average Bonchev–Trinajstić information content (AvgIpc) is 3.13. The van der Waals surface area contributed by atoms with E-state index in [9.17, 15) is 4.39 Å².